The molecule has 2 aromatic rings. The van der Waals surface area contributed by atoms with Crippen molar-refractivity contribution in [2.75, 3.05) is 18.9 Å². The number of halogens is 3. The second-order valence-electron chi connectivity index (χ2n) is 11.9. The van der Waals surface area contributed by atoms with Gasteiger partial charge < -0.3 is 15.0 Å². The average molecular weight is 619 g/mol. The first-order valence-electron chi connectivity index (χ1n) is 14.8. The van der Waals surface area contributed by atoms with Gasteiger partial charge in [-0.25, -0.2) is 9.78 Å². The van der Waals surface area contributed by atoms with Gasteiger partial charge in [0, 0.05) is 41.7 Å². The summed E-state index contributed by atoms with van der Waals surface area (Å²) in [5, 5.41) is 6.14. The Hall–Kier alpha value is -3.41. The highest BCUT2D eigenvalue weighted by Gasteiger charge is 2.54. The van der Waals surface area contributed by atoms with Crippen LogP contribution in [0.15, 0.2) is 36.5 Å². The number of amides is 3. The summed E-state index contributed by atoms with van der Waals surface area (Å²) in [6.45, 7) is 4.42. The van der Waals surface area contributed by atoms with Crippen molar-refractivity contribution in [3.8, 4) is 10.6 Å². The first-order chi connectivity index (χ1) is 20.4. The van der Waals surface area contributed by atoms with Crippen molar-refractivity contribution < 1.29 is 32.3 Å². The Morgan fingerprint density at radius 3 is 2.70 bits per heavy atom. The molecular formula is C31H37F3N4O4S. The fraction of sp³-hybridized carbons (Fsp3) is 0.548. The number of carbonyl (C=O) groups is 3. The van der Waals surface area contributed by atoms with Gasteiger partial charge in [-0.1, -0.05) is 19.1 Å². The number of ether oxygens (including phenoxy) is 1. The van der Waals surface area contributed by atoms with Crippen molar-refractivity contribution in [2.45, 2.75) is 76.6 Å². The lowest BCUT2D eigenvalue weighted by Gasteiger charge is -2.26. The summed E-state index contributed by atoms with van der Waals surface area (Å²) in [5.74, 6) is -1.51. The molecule has 2 saturated carbocycles. The molecule has 5 rings (SSSR count). The van der Waals surface area contributed by atoms with Crippen LogP contribution in [-0.4, -0.2) is 53.0 Å². The van der Waals surface area contributed by atoms with Gasteiger partial charge in [-0.05, 0) is 70.1 Å². The maximum Gasteiger partial charge on any atom is 0.416 e. The van der Waals surface area contributed by atoms with E-state index in [-0.39, 0.29) is 41.8 Å². The van der Waals surface area contributed by atoms with Crippen LogP contribution in [0.3, 0.4) is 0 Å². The number of aromatic nitrogens is 1. The number of aryl methyl sites for hydroxylation is 1. The van der Waals surface area contributed by atoms with Crippen molar-refractivity contribution in [1.29, 1.82) is 0 Å². The van der Waals surface area contributed by atoms with E-state index in [4.69, 9.17) is 4.74 Å². The number of nitrogens with zero attached hydrogens (tertiary/aromatic N) is 2. The van der Waals surface area contributed by atoms with Crippen LogP contribution in [-0.2, 0) is 20.5 Å². The molecule has 0 unspecified atom stereocenters. The Bertz CT molecular complexity index is 1410. The topological polar surface area (TPSA) is 101 Å². The molecule has 2 heterocycles. The van der Waals surface area contributed by atoms with E-state index in [0.29, 0.717) is 17.1 Å². The van der Waals surface area contributed by atoms with Gasteiger partial charge >= 0.3 is 12.3 Å². The van der Waals surface area contributed by atoms with E-state index in [1.807, 2.05) is 13.8 Å². The number of alkyl halides is 3. The fourth-order valence-electron chi connectivity index (χ4n) is 6.26. The molecule has 0 bridgehead atoms. The minimum atomic E-state index is -4.62. The molecule has 1 aromatic heterocycles. The predicted octanol–water partition coefficient (Wildman–Crippen LogP) is 6.56. The Balaban J connectivity index is 1.34. The van der Waals surface area contributed by atoms with Crippen molar-refractivity contribution in [3.05, 3.63) is 47.0 Å². The summed E-state index contributed by atoms with van der Waals surface area (Å²) >= 11 is 1.29. The van der Waals surface area contributed by atoms with E-state index >= 15 is 0 Å². The standard InChI is InChI=1S/C31H37F3N4O4S/c1-4-30-16-20(30)9-7-5-6-8-12-38(3)28(40)24-15-21(14-23(24)26(39)37-30)42-29(41)36-25-13-19(31(32,33)34)10-11-22(25)27-35-17-18(2)43-27/h7,9-11,13,17,20-21,23-24H,4-6,8,12,14-16H2,1-3H3,(H,36,41)(H,37,39)/b9-7-/t20-,21-,23-,24-,30-/m1/s1. The Morgan fingerprint density at radius 2 is 2.00 bits per heavy atom. The SMILES string of the molecule is CC[C@@]12C[C@H]1/C=C\CCCCN(C)C(=O)[C@@H]1C[C@H](OC(=O)Nc3cc(C(F)(F)F)ccc3-c3ncc(C)s3)C[C@H]1C(=O)N2. The lowest BCUT2D eigenvalue weighted by atomic mass is 9.92. The van der Waals surface area contributed by atoms with Gasteiger partial charge in [0.05, 0.1) is 23.1 Å². The normalized spacial score (nSPS) is 28.7. The van der Waals surface area contributed by atoms with Crippen molar-refractivity contribution in [2.24, 2.45) is 17.8 Å². The molecule has 43 heavy (non-hydrogen) atoms. The zero-order valence-electron chi connectivity index (χ0n) is 24.5. The van der Waals surface area contributed by atoms with Crippen LogP contribution < -0.4 is 10.6 Å². The molecular weight excluding hydrogens is 581 g/mol. The summed E-state index contributed by atoms with van der Waals surface area (Å²) < 4.78 is 46.2. The molecule has 3 aliphatic rings. The van der Waals surface area contributed by atoms with Crippen LogP contribution in [0.4, 0.5) is 23.7 Å². The van der Waals surface area contributed by atoms with Gasteiger partial charge in [-0.15, -0.1) is 11.3 Å². The van der Waals surface area contributed by atoms with Gasteiger partial charge in [0.1, 0.15) is 11.1 Å². The molecule has 12 heteroatoms. The molecule has 0 saturated heterocycles. The minimum Gasteiger partial charge on any atom is -0.446 e. The van der Waals surface area contributed by atoms with Gasteiger partial charge in [0.2, 0.25) is 11.8 Å². The van der Waals surface area contributed by atoms with E-state index in [2.05, 4.69) is 27.8 Å². The third kappa shape index (κ3) is 6.89. The van der Waals surface area contributed by atoms with Gasteiger partial charge in [0.25, 0.3) is 0 Å². The van der Waals surface area contributed by atoms with Crippen molar-refractivity contribution >= 4 is 34.9 Å². The van der Waals surface area contributed by atoms with Crippen LogP contribution in [0, 0.1) is 24.7 Å². The lowest BCUT2D eigenvalue weighted by Crippen LogP contribution is -2.45. The van der Waals surface area contributed by atoms with Gasteiger partial charge in [-0.3, -0.25) is 14.9 Å². The number of benzene rings is 1. The smallest absolute Gasteiger partial charge is 0.416 e. The number of anilines is 1. The Kier molecular flexibility index (Phi) is 8.87. The molecule has 8 nitrogen and oxygen atoms in total. The lowest BCUT2D eigenvalue weighted by molar-refractivity contribution is -0.140. The number of allylic oxidation sites excluding steroid dienone is 1. The highest BCUT2D eigenvalue weighted by atomic mass is 32.1. The van der Waals surface area contributed by atoms with Crippen LogP contribution in [0.25, 0.3) is 10.6 Å². The third-order valence-corrected chi connectivity index (χ3v) is 9.82. The molecule has 3 amide bonds. The quantitative estimate of drug-likeness (QED) is 0.378. The molecule has 232 valence electrons. The molecule has 0 spiro atoms. The number of rotatable bonds is 4. The average Bonchev–Trinajstić information content (AvgIpc) is 3.23. The summed E-state index contributed by atoms with van der Waals surface area (Å²) in [4.78, 5) is 47.0. The monoisotopic (exact) mass is 618 g/mol. The van der Waals surface area contributed by atoms with E-state index in [9.17, 15) is 27.6 Å². The number of nitrogens with one attached hydrogen (secondary N) is 2. The van der Waals surface area contributed by atoms with Crippen molar-refractivity contribution in [1.82, 2.24) is 15.2 Å². The largest absolute Gasteiger partial charge is 0.446 e. The predicted molar refractivity (Wildman–Crippen MR) is 157 cm³/mol. The zero-order chi connectivity index (χ0) is 30.9. The van der Waals surface area contributed by atoms with Crippen LogP contribution >= 0.6 is 11.3 Å². The van der Waals surface area contributed by atoms with E-state index in [1.54, 1.807) is 18.1 Å². The summed E-state index contributed by atoms with van der Waals surface area (Å²) in [6.07, 6.45) is 4.21. The Morgan fingerprint density at radius 1 is 1.23 bits per heavy atom. The highest BCUT2D eigenvalue weighted by Crippen LogP contribution is 2.48. The molecule has 2 aliphatic carbocycles. The van der Waals surface area contributed by atoms with Gasteiger partial charge in [-0.2, -0.15) is 13.2 Å². The summed E-state index contributed by atoms with van der Waals surface area (Å²) in [6, 6.07) is 3.08. The first-order valence-corrected chi connectivity index (χ1v) is 15.6. The number of fused-ring (bicyclic) bond motifs is 2. The number of carbonyl (C=O) groups excluding carboxylic acids is 3. The molecule has 2 N–H and O–H groups in total. The molecule has 0 radical (unpaired) electrons. The fourth-order valence-corrected chi connectivity index (χ4v) is 7.06. The number of hydrogen-bond acceptors (Lipinski definition) is 6. The summed E-state index contributed by atoms with van der Waals surface area (Å²) in [7, 11) is 1.72. The second kappa shape index (κ2) is 12.3. The maximum atomic E-state index is 13.6. The molecule has 5 atom stereocenters. The number of hydrogen-bond donors (Lipinski definition) is 2. The zero-order valence-corrected chi connectivity index (χ0v) is 25.3. The van der Waals surface area contributed by atoms with Crippen molar-refractivity contribution in [3.63, 3.8) is 0 Å². The van der Waals surface area contributed by atoms with Crippen LogP contribution in [0.2, 0.25) is 0 Å². The Labute approximate surface area is 253 Å². The van der Waals surface area contributed by atoms with E-state index in [1.165, 1.54) is 17.4 Å². The molecule has 1 aromatic carbocycles. The van der Waals surface area contributed by atoms with Crippen LogP contribution in [0.5, 0.6) is 0 Å². The van der Waals surface area contributed by atoms with Gasteiger partial charge in [0.15, 0.2) is 0 Å². The third-order valence-electron chi connectivity index (χ3n) is 8.88. The molecule has 2 fully saturated rings. The number of thiazole rings is 1. The van der Waals surface area contributed by atoms with E-state index in [0.717, 1.165) is 49.1 Å². The van der Waals surface area contributed by atoms with Crippen LogP contribution in [0.1, 0.15) is 62.3 Å². The highest BCUT2D eigenvalue weighted by molar-refractivity contribution is 7.15. The first kappa shape index (κ1) is 31.0. The molecule has 1 aliphatic heterocycles. The summed E-state index contributed by atoms with van der Waals surface area (Å²) in [5.41, 5.74) is -1.01. The van der Waals surface area contributed by atoms with E-state index < -0.39 is 35.8 Å². The maximum absolute atomic E-state index is 13.6. The minimum absolute atomic E-state index is 0.0861. The second-order valence-corrected chi connectivity index (χ2v) is 13.1.